The lowest BCUT2D eigenvalue weighted by Gasteiger charge is -2.10. The number of methoxy groups -OCH3 is 1. The largest absolute Gasteiger partial charge is 0.489 e. The molecule has 0 radical (unpaired) electrons. The number of H-pyrrole nitrogens is 1. The fourth-order valence-electron chi connectivity index (χ4n) is 3.21. The summed E-state index contributed by atoms with van der Waals surface area (Å²) < 4.78 is 10.7. The number of rotatable bonds is 6. The molecule has 1 heterocycles. The van der Waals surface area contributed by atoms with E-state index in [1.54, 1.807) is 12.1 Å². The molecule has 0 spiro atoms. The number of imidazole rings is 1. The molecule has 0 bridgehead atoms. The highest BCUT2D eigenvalue weighted by molar-refractivity contribution is 5.89. The highest BCUT2D eigenvalue weighted by Gasteiger charge is 2.10. The summed E-state index contributed by atoms with van der Waals surface area (Å²) in [5.74, 6) is 1.24. The molecule has 0 saturated heterocycles. The van der Waals surface area contributed by atoms with Crippen LogP contribution < -0.4 is 4.74 Å². The van der Waals surface area contributed by atoms with Crippen molar-refractivity contribution in [3.63, 3.8) is 0 Å². The minimum Gasteiger partial charge on any atom is -0.489 e. The van der Waals surface area contributed by atoms with Crippen LogP contribution in [0.1, 0.15) is 21.5 Å². The van der Waals surface area contributed by atoms with Crippen molar-refractivity contribution in [2.75, 3.05) is 7.11 Å². The van der Waals surface area contributed by atoms with E-state index in [0.29, 0.717) is 12.2 Å². The zero-order chi connectivity index (χ0) is 20.9. The summed E-state index contributed by atoms with van der Waals surface area (Å²) in [6.45, 7) is 2.57. The van der Waals surface area contributed by atoms with Gasteiger partial charge in [0.25, 0.3) is 0 Å². The van der Waals surface area contributed by atoms with Crippen molar-refractivity contribution in [3.05, 3.63) is 95.7 Å². The maximum atomic E-state index is 11.6. The molecule has 0 unspecified atom stereocenters. The predicted molar refractivity (Wildman–Crippen MR) is 116 cm³/mol. The van der Waals surface area contributed by atoms with Crippen molar-refractivity contribution in [3.8, 4) is 28.4 Å². The lowest BCUT2D eigenvalue weighted by Crippen LogP contribution is -2.00. The standard InChI is InChI=1S/C25H22N2O3/c1-17-14-21(12-13-23(17)30-16-18-6-4-3-5-7-18)22-15-26-24(27-22)19-8-10-20(11-9-19)25(28)29-2/h3-15H,16H2,1-2H3,(H,26,27). The molecule has 150 valence electrons. The molecule has 0 saturated carbocycles. The molecule has 0 atom stereocenters. The van der Waals surface area contributed by atoms with Crippen LogP contribution in [0.25, 0.3) is 22.6 Å². The molecule has 0 amide bonds. The Kier molecular flexibility index (Phi) is 5.61. The van der Waals surface area contributed by atoms with Crippen LogP contribution in [0.3, 0.4) is 0 Å². The summed E-state index contributed by atoms with van der Waals surface area (Å²) in [6.07, 6.45) is 1.88. The monoisotopic (exact) mass is 398 g/mol. The quantitative estimate of drug-likeness (QED) is 0.441. The molecule has 1 aromatic heterocycles. The Hall–Kier alpha value is -3.86. The Morgan fingerprint density at radius 2 is 1.70 bits per heavy atom. The molecular weight excluding hydrogens is 376 g/mol. The number of ether oxygens (including phenoxy) is 2. The molecule has 1 N–H and O–H groups in total. The first kappa shape index (κ1) is 19.5. The summed E-state index contributed by atoms with van der Waals surface area (Å²) in [6, 6.07) is 23.3. The number of esters is 1. The number of aromatic amines is 1. The van der Waals surface area contributed by atoms with E-state index in [-0.39, 0.29) is 5.97 Å². The van der Waals surface area contributed by atoms with Crippen LogP contribution in [0.15, 0.2) is 79.0 Å². The summed E-state index contributed by atoms with van der Waals surface area (Å²) in [4.78, 5) is 19.5. The molecule has 0 aliphatic rings. The number of benzene rings is 3. The summed E-state index contributed by atoms with van der Waals surface area (Å²) in [5.41, 5.74) is 5.45. The average Bonchev–Trinajstić information content (AvgIpc) is 3.29. The Labute approximate surface area is 175 Å². The van der Waals surface area contributed by atoms with Gasteiger partial charge in [0.05, 0.1) is 18.4 Å². The van der Waals surface area contributed by atoms with Crippen molar-refractivity contribution in [1.29, 1.82) is 0 Å². The minimum absolute atomic E-state index is 0.355. The molecular formula is C25H22N2O3. The van der Waals surface area contributed by atoms with Crippen LogP contribution in [-0.4, -0.2) is 23.0 Å². The Bertz CT molecular complexity index is 1150. The normalized spacial score (nSPS) is 10.6. The second kappa shape index (κ2) is 8.66. The van der Waals surface area contributed by atoms with Crippen molar-refractivity contribution in [2.45, 2.75) is 13.5 Å². The van der Waals surface area contributed by atoms with E-state index in [1.807, 2.05) is 67.7 Å². The number of hydrogen-bond acceptors (Lipinski definition) is 4. The van der Waals surface area contributed by atoms with Gasteiger partial charge < -0.3 is 14.5 Å². The molecule has 0 fully saturated rings. The fraction of sp³-hybridized carbons (Fsp3) is 0.120. The van der Waals surface area contributed by atoms with E-state index >= 15 is 0 Å². The van der Waals surface area contributed by atoms with E-state index < -0.39 is 0 Å². The molecule has 4 aromatic rings. The van der Waals surface area contributed by atoms with Gasteiger partial charge in [0, 0.05) is 17.3 Å². The van der Waals surface area contributed by atoms with Crippen LogP contribution >= 0.6 is 0 Å². The summed E-state index contributed by atoms with van der Waals surface area (Å²) >= 11 is 0. The molecule has 5 nitrogen and oxygen atoms in total. The number of carbonyl (C=O) groups is 1. The van der Waals surface area contributed by atoms with Crippen molar-refractivity contribution in [2.24, 2.45) is 0 Å². The zero-order valence-electron chi connectivity index (χ0n) is 16.9. The SMILES string of the molecule is COC(=O)c1ccc(-c2nc(-c3ccc(OCc4ccccc4)c(C)c3)c[nH]2)cc1. The van der Waals surface area contributed by atoms with Crippen molar-refractivity contribution < 1.29 is 14.3 Å². The highest BCUT2D eigenvalue weighted by atomic mass is 16.5. The Morgan fingerprint density at radius 3 is 2.40 bits per heavy atom. The van der Waals surface area contributed by atoms with Gasteiger partial charge in [-0.1, -0.05) is 42.5 Å². The number of hydrogen-bond donors (Lipinski definition) is 1. The summed E-state index contributed by atoms with van der Waals surface area (Å²) in [5, 5.41) is 0. The summed E-state index contributed by atoms with van der Waals surface area (Å²) in [7, 11) is 1.37. The maximum absolute atomic E-state index is 11.6. The van der Waals surface area contributed by atoms with E-state index in [2.05, 4.69) is 11.1 Å². The third-order valence-electron chi connectivity index (χ3n) is 4.87. The van der Waals surface area contributed by atoms with Gasteiger partial charge in [-0.2, -0.15) is 0 Å². The molecule has 30 heavy (non-hydrogen) atoms. The number of nitrogens with zero attached hydrogens (tertiary/aromatic N) is 1. The third-order valence-corrected chi connectivity index (χ3v) is 4.87. The maximum Gasteiger partial charge on any atom is 0.337 e. The first-order valence-corrected chi connectivity index (χ1v) is 9.66. The Morgan fingerprint density at radius 1 is 0.967 bits per heavy atom. The van der Waals surface area contributed by atoms with E-state index in [0.717, 1.165) is 39.5 Å². The third kappa shape index (κ3) is 4.25. The Balaban J connectivity index is 1.49. The van der Waals surface area contributed by atoms with Gasteiger partial charge in [-0.05, 0) is 48.4 Å². The smallest absolute Gasteiger partial charge is 0.337 e. The van der Waals surface area contributed by atoms with Crippen LogP contribution in [0.4, 0.5) is 0 Å². The van der Waals surface area contributed by atoms with Gasteiger partial charge in [-0.25, -0.2) is 9.78 Å². The molecule has 0 aliphatic heterocycles. The number of carbonyl (C=O) groups excluding carboxylic acids is 1. The van der Waals surface area contributed by atoms with Crippen LogP contribution in [0.5, 0.6) is 5.75 Å². The molecule has 4 rings (SSSR count). The first-order chi connectivity index (χ1) is 14.6. The molecule has 0 aliphatic carbocycles. The van der Waals surface area contributed by atoms with Crippen LogP contribution in [-0.2, 0) is 11.3 Å². The second-order valence-corrected chi connectivity index (χ2v) is 6.96. The zero-order valence-corrected chi connectivity index (χ0v) is 16.9. The average molecular weight is 398 g/mol. The molecule has 5 heteroatoms. The van der Waals surface area contributed by atoms with E-state index in [4.69, 9.17) is 14.5 Å². The van der Waals surface area contributed by atoms with E-state index in [9.17, 15) is 4.79 Å². The fourth-order valence-corrected chi connectivity index (χ4v) is 3.21. The number of aromatic nitrogens is 2. The first-order valence-electron chi connectivity index (χ1n) is 9.66. The number of nitrogens with one attached hydrogen (secondary N) is 1. The van der Waals surface area contributed by atoms with Gasteiger partial charge >= 0.3 is 5.97 Å². The second-order valence-electron chi connectivity index (χ2n) is 6.96. The van der Waals surface area contributed by atoms with Crippen LogP contribution in [0, 0.1) is 6.92 Å². The van der Waals surface area contributed by atoms with Crippen molar-refractivity contribution >= 4 is 5.97 Å². The van der Waals surface area contributed by atoms with E-state index in [1.165, 1.54) is 7.11 Å². The molecule has 3 aromatic carbocycles. The van der Waals surface area contributed by atoms with Crippen molar-refractivity contribution in [1.82, 2.24) is 9.97 Å². The van der Waals surface area contributed by atoms with Gasteiger partial charge in [0.15, 0.2) is 0 Å². The van der Waals surface area contributed by atoms with Gasteiger partial charge in [-0.15, -0.1) is 0 Å². The number of aryl methyl sites for hydroxylation is 1. The van der Waals surface area contributed by atoms with Crippen LogP contribution in [0.2, 0.25) is 0 Å². The minimum atomic E-state index is -0.355. The van der Waals surface area contributed by atoms with Gasteiger partial charge in [-0.3, -0.25) is 0 Å². The van der Waals surface area contributed by atoms with Gasteiger partial charge in [0.1, 0.15) is 18.2 Å². The highest BCUT2D eigenvalue weighted by Crippen LogP contribution is 2.27. The topological polar surface area (TPSA) is 64.2 Å². The lowest BCUT2D eigenvalue weighted by molar-refractivity contribution is 0.0600. The predicted octanol–water partition coefficient (Wildman–Crippen LogP) is 5.42. The lowest BCUT2D eigenvalue weighted by atomic mass is 10.1. The van der Waals surface area contributed by atoms with Gasteiger partial charge in [0.2, 0.25) is 0 Å².